The summed E-state index contributed by atoms with van der Waals surface area (Å²) in [5.41, 5.74) is 3.11. The molecule has 0 heterocycles. The fourth-order valence-corrected chi connectivity index (χ4v) is 7.53. The van der Waals surface area contributed by atoms with Crippen LogP contribution >= 0.6 is 6.89 Å². The summed E-state index contributed by atoms with van der Waals surface area (Å²) in [6.07, 6.45) is 11.5. The minimum Gasteiger partial charge on any atom is -0.202 e. The highest BCUT2D eigenvalue weighted by molar-refractivity contribution is 7.88. The molecule has 0 saturated heterocycles. The first-order chi connectivity index (χ1) is 12.4. The van der Waals surface area contributed by atoms with Crippen LogP contribution in [-0.4, -0.2) is 18.1 Å². The molecule has 0 nitrogen and oxygen atoms in total. The lowest BCUT2D eigenvalue weighted by Crippen LogP contribution is -2.21. The van der Waals surface area contributed by atoms with Gasteiger partial charge in [0.15, 0.2) is 0 Å². The molecule has 0 aromatic heterocycles. The van der Waals surface area contributed by atoms with Gasteiger partial charge >= 0.3 is 0 Å². The Bertz CT molecular complexity index is 876. The van der Waals surface area contributed by atoms with Crippen molar-refractivity contribution in [3.8, 4) is 0 Å². The van der Waals surface area contributed by atoms with Crippen LogP contribution < -0.4 is 5.30 Å². The third-order valence-electron chi connectivity index (χ3n) is 5.06. The molecule has 1 aromatic rings. The van der Waals surface area contributed by atoms with Crippen molar-refractivity contribution >= 4 is 18.5 Å². The predicted octanol–water partition coefficient (Wildman–Crippen LogP) is 6.64. The Morgan fingerprint density at radius 1 is 0.815 bits per heavy atom. The first-order valence-electron chi connectivity index (χ1n) is 8.82. The van der Waals surface area contributed by atoms with Gasteiger partial charge in [0, 0.05) is 12.8 Å². The van der Waals surface area contributed by atoms with Gasteiger partial charge in [0.05, 0.1) is 0 Å². The molecule has 0 amide bonds. The van der Waals surface area contributed by atoms with Crippen LogP contribution in [0.2, 0.25) is 0 Å². The van der Waals surface area contributed by atoms with Crippen LogP contribution in [0, 0.1) is 20.8 Å². The average molecular weight is 394 g/mol. The quantitative estimate of drug-likeness (QED) is 0.398. The standard InChI is InChI=1S/C22H23F4P/c1-15-13-16(2)20(17(3)14-15)27(4,18-5-9-21(23,24)10-6-18)19-7-11-22(25,26)12-8-19/h5-9,11,13-14H,4,10,12H2,1-3H3. The molecule has 0 aliphatic heterocycles. The van der Waals surface area contributed by atoms with Crippen LogP contribution in [0.25, 0.3) is 0 Å². The normalized spacial score (nSPS) is 21.0. The summed E-state index contributed by atoms with van der Waals surface area (Å²) < 4.78 is 54.6. The zero-order chi connectivity index (χ0) is 20.0. The molecule has 1 aromatic carbocycles. The smallest absolute Gasteiger partial charge is 0.202 e. The van der Waals surface area contributed by atoms with Gasteiger partial charge in [-0.05, 0) is 66.9 Å². The van der Waals surface area contributed by atoms with E-state index in [4.69, 9.17) is 0 Å². The molecule has 0 unspecified atom stereocenters. The van der Waals surface area contributed by atoms with E-state index in [-0.39, 0.29) is 0 Å². The van der Waals surface area contributed by atoms with E-state index in [1.807, 2.05) is 32.9 Å². The van der Waals surface area contributed by atoms with E-state index in [1.54, 1.807) is 0 Å². The maximum Gasteiger partial charge on any atom is 0.270 e. The van der Waals surface area contributed by atoms with E-state index in [2.05, 4.69) is 6.30 Å². The maximum absolute atomic E-state index is 13.7. The van der Waals surface area contributed by atoms with Crippen LogP contribution in [0.1, 0.15) is 29.5 Å². The summed E-state index contributed by atoms with van der Waals surface area (Å²) in [5.74, 6) is -5.76. The fraction of sp³-hybridized carbons (Fsp3) is 0.318. The number of hydrogen-bond donors (Lipinski definition) is 0. The molecule has 0 saturated carbocycles. The maximum atomic E-state index is 13.7. The highest BCUT2D eigenvalue weighted by Gasteiger charge is 2.35. The lowest BCUT2D eigenvalue weighted by Gasteiger charge is -2.34. The van der Waals surface area contributed by atoms with Crippen molar-refractivity contribution in [2.75, 3.05) is 0 Å². The Morgan fingerprint density at radius 2 is 1.22 bits per heavy atom. The molecule has 0 atom stereocenters. The van der Waals surface area contributed by atoms with E-state index >= 15 is 0 Å². The number of benzene rings is 1. The Kier molecular flexibility index (Phi) is 4.93. The average Bonchev–Trinajstić information content (AvgIpc) is 2.53. The minimum absolute atomic E-state index is 0.396. The van der Waals surface area contributed by atoms with E-state index < -0.39 is 31.6 Å². The van der Waals surface area contributed by atoms with Gasteiger partial charge < -0.3 is 0 Å². The molecule has 0 spiro atoms. The Labute approximate surface area is 158 Å². The van der Waals surface area contributed by atoms with Gasteiger partial charge in [-0.3, -0.25) is 0 Å². The molecule has 3 rings (SSSR count). The molecular weight excluding hydrogens is 371 g/mol. The first-order valence-corrected chi connectivity index (χ1v) is 10.8. The second-order valence-electron chi connectivity index (χ2n) is 7.41. The van der Waals surface area contributed by atoms with Gasteiger partial charge in [-0.1, -0.05) is 48.3 Å². The number of allylic oxidation sites excluding steroid dienone is 8. The number of alkyl halides is 4. The van der Waals surface area contributed by atoms with Crippen molar-refractivity contribution in [2.24, 2.45) is 0 Å². The van der Waals surface area contributed by atoms with E-state index in [9.17, 15) is 17.6 Å². The van der Waals surface area contributed by atoms with Crippen molar-refractivity contribution in [2.45, 2.75) is 45.5 Å². The SMILES string of the molecule is C=P(C1=CCC(F)(F)C=C1)(C1=CCC(F)(F)C=C1)c1c(C)cc(C)cc1C. The van der Waals surface area contributed by atoms with E-state index in [0.29, 0.717) is 10.6 Å². The molecule has 5 heteroatoms. The topological polar surface area (TPSA) is 0 Å². The van der Waals surface area contributed by atoms with E-state index in [0.717, 1.165) is 34.1 Å². The van der Waals surface area contributed by atoms with Crippen molar-refractivity contribution < 1.29 is 17.6 Å². The van der Waals surface area contributed by atoms with Crippen molar-refractivity contribution in [1.29, 1.82) is 0 Å². The Morgan fingerprint density at radius 3 is 1.56 bits per heavy atom. The Balaban J connectivity index is 2.22. The molecule has 0 radical (unpaired) electrons. The van der Waals surface area contributed by atoms with Gasteiger partial charge in [-0.15, -0.1) is 0 Å². The van der Waals surface area contributed by atoms with Crippen LogP contribution in [0.3, 0.4) is 0 Å². The molecule has 144 valence electrons. The summed E-state index contributed by atoms with van der Waals surface area (Å²) in [5, 5.41) is 2.41. The van der Waals surface area contributed by atoms with Crippen LogP contribution in [-0.2, 0) is 0 Å². The van der Waals surface area contributed by atoms with Gasteiger partial charge in [0.1, 0.15) is 0 Å². The molecular formula is C22H23F4P. The molecule has 0 N–H and O–H groups in total. The minimum atomic E-state index is -2.88. The van der Waals surface area contributed by atoms with Gasteiger partial charge in [0.25, 0.3) is 11.8 Å². The highest BCUT2D eigenvalue weighted by atomic mass is 31.2. The second-order valence-corrected chi connectivity index (χ2v) is 10.5. The largest absolute Gasteiger partial charge is 0.270 e. The zero-order valence-corrected chi connectivity index (χ0v) is 16.6. The zero-order valence-electron chi connectivity index (χ0n) is 15.7. The number of aryl methyl sites for hydroxylation is 3. The van der Waals surface area contributed by atoms with Crippen molar-refractivity contribution in [3.05, 3.63) is 75.9 Å². The van der Waals surface area contributed by atoms with Gasteiger partial charge in [-0.2, -0.15) is 0 Å². The summed E-state index contributed by atoms with van der Waals surface area (Å²) >= 11 is 0. The molecule has 27 heavy (non-hydrogen) atoms. The monoisotopic (exact) mass is 394 g/mol. The molecule has 0 bridgehead atoms. The highest BCUT2D eigenvalue weighted by Crippen LogP contribution is 2.63. The molecule has 0 fully saturated rings. The lowest BCUT2D eigenvalue weighted by molar-refractivity contribution is 0.0569. The van der Waals surface area contributed by atoms with Gasteiger partial charge in [0.2, 0.25) is 0 Å². The lowest BCUT2D eigenvalue weighted by atomic mass is 10.1. The van der Waals surface area contributed by atoms with Crippen molar-refractivity contribution in [3.63, 3.8) is 0 Å². The van der Waals surface area contributed by atoms with E-state index in [1.165, 1.54) is 24.3 Å². The van der Waals surface area contributed by atoms with Crippen LogP contribution in [0.15, 0.2) is 59.2 Å². The first kappa shape index (κ1) is 19.9. The summed E-state index contributed by atoms with van der Waals surface area (Å²) in [6, 6.07) is 4.07. The fourth-order valence-electron chi connectivity index (χ4n) is 3.92. The number of hydrogen-bond acceptors (Lipinski definition) is 0. The molecule has 2 aliphatic rings. The third-order valence-corrected chi connectivity index (χ3v) is 8.96. The summed E-state index contributed by atoms with van der Waals surface area (Å²) in [4.78, 5) is 0. The number of halogens is 4. The van der Waals surface area contributed by atoms with Crippen LogP contribution in [0.5, 0.6) is 0 Å². The van der Waals surface area contributed by atoms with Gasteiger partial charge in [-0.25, -0.2) is 17.6 Å². The predicted molar refractivity (Wildman–Crippen MR) is 108 cm³/mol. The number of rotatable bonds is 3. The summed E-state index contributed by atoms with van der Waals surface area (Å²) in [7, 11) is 0. The third kappa shape index (κ3) is 3.78. The summed E-state index contributed by atoms with van der Waals surface area (Å²) in [6.45, 7) is 3.39. The Hall–Kier alpha value is -1.80. The molecule has 2 aliphatic carbocycles. The second kappa shape index (κ2) is 6.67. The van der Waals surface area contributed by atoms with Crippen LogP contribution in [0.4, 0.5) is 17.6 Å². The van der Waals surface area contributed by atoms with Crippen molar-refractivity contribution in [1.82, 2.24) is 0 Å².